The lowest BCUT2D eigenvalue weighted by Crippen LogP contribution is -1.99. The van der Waals surface area contributed by atoms with Gasteiger partial charge in [-0.2, -0.15) is 0 Å². The van der Waals surface area contributed by atoms with E-state index in [1.807, 2.05) is 24.3 Å². The molecule has 1 heterocycles. The summed E-state index contributed by atoms with van der Waals surface area (Å²) in [6.07, 6.45) is 0. The highest BCUT2D eigenvalue weighted by Gasteiger charge is 2.17. The summed E-state index contributed by atoms with van der Waals surface area (Å²) in [6, 6.07) is 39.8. The Hall–Kier alpha value is -4.37. The lowest BCUT2D eigenvalue weighted by atomic mass is 9.96. The zero-order chi connectivity index (χ0) is 22.2. The number of ether oxygens (including phenoxy) is 1. The molecule has 0 bridgehead atoms. The second kappa shape index (κ2) is 7.95. The quantitative estimate of drug-likeness (QED) is 0.291. The van der Waals surface area contributed by atoms with Crippen LogP contribution in [-0.4, -0.2) is 16.7 Å². The highest BCUT2D eigenvalue weighted by Crippen LogP contribution is 2.38. The van der Waals surface area contributed by atoms with E-state index in [-0.39, 0.29) is 0 Å². The molecule has 0 aliphatic rings. The number of para-hydroxylation sites is 3. The molecule has 5 aromatic carbocycles. The van der Waals surface area contributed by atoms with E-state index in [1.165, 1.54) is 10.8 Å². The lowest BCUT2D eigenvalue weighted by molar-refractivity contribution is 0.416. The van der Waals surface area contributed by atoms with Gasteiger partial charge in [-0.05, 0) is 35.2 Å². The first-order valence-electron chi connectivity index (χ1n) is 11.0. The van der Waals surface area contributed by atoms with E-state index < -0.39 is 0 Å². The third-order valence-corrected chi connectivity index (χ3v) is 6.13. The van der Waals surface area contributed by atoms with Crippen LogP contribution in [0.3, 0.4) is 0 Å². The summed E-state index contributed by atoms with van der Waals surface area (Å²) in [6.45, 7) is 0. The summed E-state index contributed by atoms with van der Waals surface area (Å²) in [5.74, 6) is 1.81. The minimum atomic E-state index is 0.869. The van der Waals surface area contributed by atoms with Crippen molar-refractivity contribution >= 4 is 21.8 Å². The Labute approximate surface area is 192 Å². The second-order valence-electron chi connectivity index (χ2n) is 8.00. The number of imidazole rings is 1. The molecule has 158 valence electrons. The van der Waals surface area contributed by atoms with Gasteiger partial charge in [-0.25, -0.2) is 4.98 Å². The van der Waals surface area contributed by atoms with Crippen molar-refractivity contribution in [3.8, 4) is 34.0 Å². The number of rotatable bonds is 4. The van der Waals surface area contributed by atoms with Crippen LogP contribution in [0.1, 0.15) is 0 Å². The molecule has 0 spiro atoms. The molecule has 3 heteroatoms. The van der Waals surface area contributed by atoms with Gasteiger partial charge in [0.15, 0.2) is 0 Å². The highest BCUT2D eigenvalue weighted by atomic mass is 16.5. The van der Waals surface area contributed by atoms with Crippen LogP contribution in [-0.2, 0) is 0 Å². The maximum atomic E-state index is 5.67. The number of methoxy groups -OCH3 is 1. The third kappa shape index (κ3) is 3.17. The van der Waals surface area contributed by atoms with Gasteiger partial charge in [-0.1, -0.05) is 91.0 Å². The van der Waals surface area contributed by atoms with Crippen molar-refractivity contribution in [2.24, 2.45) is 0 Å². The zero-order valence-corrected chi connectivity index (χ0v) is 18.3. The topological polar surface area (TPSA) is 27.1 Å². The smallest absolute Gasteiger partial charge is 0.145 e. The van der Waals surface area contributed by atoms with Gasteiger partial charge in [0.2, 0.25) is 0 Å². The van der Waals surface area contributed by atoms with Gasteiger partial charge in [0.1, 0.15) is 11.6 Å². The van der Waals surface area contributed by atoms with Crippen molar-refractivity contribution < 1.29 is 4.74 Å². The van der Waals surface area contributed by atoms with Crippen molar-refractivity contribution in [2.45, 2.75) is 0 Å². The molecule has 0 atom stereocenters. The van der Waals surface area contributed by atoms with Crippen molar-refractivity contribution in [3.63, 3.8) is 0 Å². The number of hydrogen-bond acceptors (Lipinski definition) is 2. The lowest BCUT2D eigenvalue weighted by Gasteiger charge is -2.16. The Kier molecular flexibility index (Phi) is 4.66. The monoisotopic (exact) mass is 426 g/mol. The predicted molar refractivity (Wildman–Crippen MR) is 136 cm³/mol. The van der Waals surface area contributed by atoms with Gasteiger partial charge in [0.25, 0.3) is 0 Å². The fourth-order valence-corrected chi connectivity index (χ4v) is 4.64. The molecule has 0 aliphatic heterocycles. The van der Waals surface area contributed by atoms with E-state index in [0.29, 0.717) is 0 Å². The fraction of sp³-hybridized carbons (Fsp3) is 0.0333. The molecule has 0 radical (unpaired) electrons. The molecule has 6 aromatic rings. The van der Waals surface area contributed by atoms with Crippen LogP contribution in [0.4, 0.5) is 0 Å². The van der Waals surface area contributed by atoms with Gasteiger partial charge in [-0.15, -0.1) is 0 Å². The van der Waals surface area contributed by atoms with E-state index in [9.17, 15) is 0 Å². The molecule has 0 N–H and O–H groups in total. The summed E-state index contributed by atoms with van der Waals surface area (Å²) in [5, 5.41) is 2.34. The molecule has 0 unspecified atom stereocenters. The van der Waals surface area contributed by atoms with Crippen LogP contribution in [0, 0.1) is 0 Å². The average molecular weight is 427 g/mol. The Morgan fingerprint density at radius 3 is 2.18 bits per heavy atom. The maximum absolute atomic E-state index is 5.67. The van der Waals surface area contributed by atoms with Crippen molar-refractivity contribution in [1.82, 2.24) is 9.55 Å². The van der Waals surface area contributed by atoms with E-state index >= 15 is 0 Å². The van der Waals surface area contributed by atoms with Gasteiger partial charge in [0, 0.05) is 16.5 Å². The second-order valence-corrected chi connectivity index (χ2v) is 8.00. The van der Waals surface area contributed by atoms with Crippen LogP contribution in [0.2, 0.25) is 0 Å². The molecule has 3 nitrogen and oxygen atoms in total. The number of hydrogen-bond donors (Lipinski definition) is 0. The predicted octanol–water partition coefficient (Wildman–Crippen LogP) is 7.52. The Morgan fingerprint density at radius 2 is 1.30 bits per heavy atom. The Balaban J connectivity index is 1.68. The first-order valence-corrected chi connectivity index (χ1v) is 11.0. The standard InChI is InChI=1S/C30H22N2O/c1-33-29-20-8-5-13-25(29)23-14-9-16-24-22(23)15-10-19-27(24)32-28-18-7-6-17-26(28)31-30(32)21-11-3-2-4-12-21/h2-20H,1H3. The van der Waals surface area contributed by atoms with E-state index in [2.05, 4.69) is 95.6 Å². The number of benzene rings is 5. The van der Waals surface area contributed by atoms with Crippen LogP contribution in [0.25, 0.3) is 50.0 Å². The van der Waals surface area contributed by atoms with E-state index in [4.69, 9.17) is 9.72 Å². The molecule has 6 rings (SSSR count). The number of nitrogens with zero attached hydrogens (tertiary/aromatic N) is 2. The summed E-state index contributed by atoms with van der Waals surface area (Å²) in [7, 11) is 1.72. The molecule has 0 saturated heterocycles. The van der Waals surface area contributed by atoms with Crippen LogP contribution < -0.4 is 4.74 Å². The van der Waals surface area contributed by atoms with E-state index in [0.717, 1.165) is 45.0 Å². The van der Waals surface area contributed by atoms with Gasteiger partial charge in [0.05, 0.1) is 23.8 Å². The summed E-state index contributed by atoms with van der Waals surface area (Å²) in [4.78, 5) is 5.02. The molecule has 0 amide bonds. The molecular formula is C30H22N2O. The van der Waals surface area contributed by atoms with E-state index in [1.54, 1.807) is 7.11 Å². The molecule has 33 heavy (non-hydrogen) atoms. The zero-order valence-electron chi connectivity index (χ0n) is 18.3. The first kappa shape index (κ1) is 19.3. The normalized spacial score (nSPS) is 11.2. The molecule has 0 saturated carbocycles. The van der Waals surface area contributed by atoms with Crippen molar-refractivity contribution in [1.29, 1.82) is 0 Å². The largest absolute Gasteiger partial charge is 0.496 e. The van der Waals surface area contributed by atoms with Crippen LogP contribution in [0.5, 0.6) is 5.75 Å². The SMILES string of the molecule is COc1ccccc1-c1cccc2c(-n3c(-c4ccccc4)nc4ccccc43)cccc12. The number of fused-ring (bicyclic) bond motifs is 2. The van der Waals surface area contributed by atoms with Crippen molar-refractivity contribution in [2.75, 3.05) is 7.11 Å². The third-order valence-electron chi connectivity index (χ3n) is 6.13. The highest BCUT2D eigenvalue weighted by molar-refractivity contribution is 6.03. The Morgan fingerprint density at radius 1 is 0.606 bits per heavy atom. The van der Waals surface area contributed by atoms with Crippen LogP contribution in [0.15, 0.2) is 115 Å². The summed E-state index contributed by atoms with van der Waals surface area (Å²) in [5.41, 5.74) is 6.50. The first-order chi connectivity index (χ1) is 16.3. The minimum absolute atomic E-state index is 0.869. The Bertz CT molecular complexity index is 1600. The van der Waals surface area contributed by atoms with Gasteiger partial charge >= 0.3 is 0 Å². The summed E-state index contributed by atoms with van der Waals surface area (Å²) >= 11 is 0. The van der Waals surface area contributed by atoms with Gasteiger partial charge < -0.3 is 4.74 Å². The minimum Gasteiger partial charge on any atom is -0.496 e. The maximum Gasteiger partial charge on any atom is 0.145 e. The van der Waals surface area contributed by atoms with Crippen molar-refractivity contribution in [3.05, 3.63) is 115 Å². The number of aromatic nitrogens is 2. The molecular weight excluding hydrogens is 404 g/mol. The fourth-order valence-electron chi connectivity index (χ4n) is 4.64. The average Bonchev–Trinajstić information content (AvgIpc) is 3.28. The van der Waals surface area contributed by atoms with Gasteiger partial charge in [-0.3, -0.25) is 4.57 Å². The molecule has 1 aromatic heterocycles. The molecule has 0 fully saturated rings. The summed E-state index contributed by atoms with van der Waals surface area (Å²) < 4.78 is 7.95. The molecule has 0 aliphatic carbocycles. The van der Waals surface area contributed by atoms with Crippen LogP contribution >= 0.6 is 0 Å².